The molecular weight excluding hydrogens is 197 g/mol. The van der Waals surface area contributed by atoms with Crippen molar-refractivity contribution in [2.75, 3.05) is 0 Å². The first-order valence-electron chi connectivity index (χ1n) is 4.19. The van der Waals surface area contributed by atoms with Crippen molar-refractivity contribution >= 4 is 0 Å². The highest BCUT2D eigenvalue weighted by atomic mass is 19.4. The lowest BCUT2D eigenvalue weighted by molar-refractivity contribution is -0.142. The normalized spacial score (nSPS) is 14.4. The first-order chi connectivity index (χ1) is 6.42. The molecule has 0 spiro atoms. The molecule has 6 heteroatoms. The maximum atomic E-state index is 11.9. The van der Waals surface area contributed by atoms with Gasteiger partial charge in [-0.3, -0.25) is 4.68 Å². The molecule has 1 aromatic rings. The van der Waals surface area contributed by atoms with Gasteiger partial charge < -0.3 is 5.11 Å². The van der Waals surface area contributed by atoms with Crippen LogP contribution in [0, 0.1) is 0 Å². The second-order valence-electron chi connectivity index (χ2n) is 3.01. The van der Waals surface area contributed by atoms with Crippen LogP contribution >= 0.6 is 0 Å². The van der Waals surface area contributed by atoms with Gasteiger partial charge >= 0.3 is 6.18 Å². The topological polar surface area (TPSA) is 38.1 Å². The average Bonchev–Trinajstić information content (AvgIpc) is 2.48. The van der Waals surface area contributed by atoms with Crippen LogP contribution in [-0.4, -0.2) is 21.1 Å². The number of hydrogen-bond donors (Lipinski definition) is 1. The van der Waals surface area contributed by atoms with Crippen molar-refractivity contribution in [2.45, 2.75) is 32.2 Å². The lowest BCUT2D eigenvalue weighted by Crippen LogP contribution is -2.17. The van der Waals surface area contributed by atoms with Crippen LogP contribution in [0.3, 0.4) is 0 Å². The molecule has 0 saturated heterocycles. The highest BCUT2D eigenvalue weighted by Gasteiger charge is 2.28. The largest absolute Gasteiger partial charge is 0.408 e. The van der Waals surface area contributed by atoms with Crippen LogP contribution in [0.4, 0.5) is 13.2 Å². The van der Waals surface area contributed by atoms with E-state index in [0.717, 1.165) is 4.68 Å². The molecule has 0 amide bonds. The highest BCUT2D eigenvalue weighted by Crippen LogP contribution is 2.19. The minimum atomic E-state index is -4.28. The fraction of sp³-hybridized carbons (Fsp3) is 0.625. The van der Waals surface area contributed by atoms with E-state index < -0.39 is 18.8 Å². The molecule has 0 aliphatic heterocycles. The van der Waals surface area contributed by atoms with Gasteiger partial charge in [0.2, 0.25) is 0 Å². The van der Waals surface area contributed by atoms with Crippen molar-refractivity contribution in [3.63, 3.8) is 0 Å². The van der Waals surface area contributed by atoms with Gasteiger partial charge in [0, 0.05) is 11.8 Å². The zero-order valence-corrected chi connectivity index (χ0v) is 7.62. The Bertz CT molecular complexity index is 295. The quantitative estimate of drug-likeness (QED) is 0.823. The second kappa shape index (κ2) is 4.00. The van der Waals surface area contributed by atoms with E-state index in [-0.39, 0.29) is 0 Å². The minimum absolute atomic E-state index is 0.414. The first-order valence-corrected chi connectivity index (χ1v) is 4.19. The molecule has 80 valence electrons. The van der Waals surface area contributed by atoms with Gasteiger partial charge in [0.1, 0.15) is 6.54 Å². The number of aliphatic hydroxyl groups is 1. The van der Waals surface area contributed by atoms with E-state index in [2.05, 4.69) is 5.10 Å². The van der Waals surface area contributed by atoms with Crippen molar-refractivity contribution in [2.24, 2.45) is 0 Å². The molecule has 0 aliphatic carbocycles. The van der Waals surface area contributed by atoms with Gasteiger partial charge in [0.15, 0.2) is 0 Å². The lowest BCUT2D eigenvalue weighted by Gasteiger charge is -2.06. The van der Waals surface area contributed by atoms with Crippen LogP contribution in [0.1, 0.15) is 25.0 Å². The Hall–Kier alpha value is -1.04. The third-order valence-electron chi connectivity index (χ3n) is 1.77. The highest BCUT2D eigenvalue weighted by molar-refractivity contribution is 5.07. The summed E-state index contributed by atoms with van der Waals surface area (Å²) in [6, 6.07) is 0. The SMILES string of the molecule is CCC(O)c1cnn(CC(F)(F)F)c1. The number of hydrogen-bond acceptors (Lipinski definition) is 2. The lowest BCUT2D eigenvalue weighted by atomic mass is 10.2. The van der Waals surface area contributed by atoms with E-state index in [4.69, 9.17) is 0 Å². The number of alkyl halides is 3. The zero-order chi connectivity index (χ0) is 10.8. The summed E-state index contributed by atoms with van der Waals surface area (Å²) in [5, 5.41) is 12.8. The van der Waals surface area contributed by atoms with Crippen molar-refractivity contribution in [3.8, 4) is 0 Å². The summed E-state index contributed by atoms with van der Waals surface area (Å²) in [6.07, 6.45) is -2.10. The second-order valence-corrected chi connectivity index (χ2v) is 3.01. The predicted octanol–water partition coefficient (Wildman–Crippen LogP) is 1.89. The van der Waals surface area contributed by atoms with Crippen molar-refractivity contribution in [1.29, 1.82) is 0 Å². The van der Waals surface area contributed by atoms with Crippen LogP contribution in [0.15, 0.2) is 12.4 Å². The number of rotatable bonds is 3. The molecule has 1 unspecified atom stereocenters. The molecule has 0 saturated carbocycles. The Morgan fingerprint density at radius 2 is 2.21 bits per heavy atom. The molecule has 0 bridgehead atoms. The van der Waals surface area contributed by atoms with Crippen LogP contribution < -0.4 is 0 Å². The molecule has 0 fully saturated rings. The third kappa shape index (κ3) is 3.02. The Morgan fingerprint density at radius 3 is 2.71 bits per heavy atom. The Balaban J connectivity index is 2.69. The van der Waals surface area contributed by atoms with E-state index in [0.29, 0.717) is 12.0 Å². The van der Waals surface area contributed by atoms with Crippen molar-refractivity contribution in [3.05, 3.63) is 18.0 Å². The Labute approximate surface area is 79.2 Å². The van der Waals surface area contributed by atoms with Crippen LogP contribution in [-0.2, 0) is 6.54 Å². The van der Waals surface area contributed by atoms with Gasteiger partial charge in [-0.15, -0.1) is 0 Å². The van der Waals surface area contributed by atoms with Gasteiger partial charge in [0.25, 0.3) is 0 Å². The Morgan fingerprint density at radius 1 is 1.57 bits per heavy atom. The van der Waals surface area contributed by atoms with Gasteiger partial charge in [-0.05, 0) is 6.42 Å². The summed E-state index contributed by atoms with van der Waals surface area (Å²) >= 11 is 0. The van der Waals surface area contributed by atoms with Crippen molar-refractivity contribution in [1.82, 2.24) is 9.78 Å². The average molecular weight is 208 g/mol. The number of nitrogens with zero attached hydrogens (tertiary/aromatic N) is 2. The van der Waals surface area contributed by atoms with E-state index >= 15 is 0 Å². The van der Waals surface area contributed by atoms with Gasteiger partial charge in [0.05, 0.1) is 12.3 Å². The summed E-state index contributed by atoms with van der Waals surface area (Å²) in [5.41, 5.74) is 0.414. The molecule has 0 aliphatic rings. The van der Waals surface area contributed by atoms with Crippen LogP contribution in [0.2, 0.25) is 0 Å². The van der Waals surface area contributed by atoms with Crippen LogP contribution in [0.25, 0.3) is 0 Å². The maximum absolute atomic E-state index is 11.9. The molecule has 3 nitrogen and oxygen atoms in total. The van der Waals surface area contributed by atoms with Gasteiger partial charge in [-0.25, -0.2) is 0 Å². The third-order valence-corrected chi connectivity index (χ3v) is 1.77. The van der Waals surface area contributed by atoms with Crippen LogP contribution in [0.5, 0.6) is 0 Å². The van der Waals surface area contributed by atoms with Crippen molar-refractivity contribution < 1.29 is 18.3 Å². The van der Waals surface area contributed by atoms with E-state index in [1.165, 1.54) is 12.4 Å². The molecule has 1 heterocycles. The number of halogens is 3. The number of aliphatic hydroxyl groups excluding tert-OH is 1. The predicted molar refractivity (Wildman–Crippen MR) is 43.5 cm³/mol. The van der Waals surface area contributed by atoms with E-state index in [1.54, 1.807) is 6.92 Å². The van der Waals surface area contributed by atoms with Gasteiger partial charge in [-0.2, -0.15) is 18.3 Å². The summed E-state index contributed by atoms with van der Waals surface area (Å²) in [5.74, 6) is 0. The summed E-state index contributed by atoms with van der Waals surface area (Å²) in [6.45, 7) is 0.620. The monoisotopic (exact) mass is 208 g/mol. The molecule has 14 heavy (non-hydrogen) atoms. The fourth-order valence-electron chi connectivity index (χ4n) is 1.06. The molecule has 1 aromatic heterocycles. The molecule has 1 N–H and O–H groups in total. The maximum Gasteiger partial charge on any atom is 0.408 e. The molecule has 1 rings (SSSR count). The van der Waals surface area contributed by atoms with E-state index in [1.807, 2.05) is 0 Å². The summed E-state index contributed by atoms with van der Waals surface area (Å²) < 4.78 is 36.5. The molecule has 0 radical (unpaired) electrons. The summed E-state index contributed by atoms with van der Waals surface area (Å²) in [7, 11) is 0. The molecular formula is C8H11F3N2O. The van der Waals surface area contributed by atoms with Gasteiger partial charge in [-0.1, -0.05) is 6.92 Å². The standard InChI is InChI=1S/C8H11F3N2O/c1-2-7(14)6-3-12-13(4-6)5-8(9,10)11/h3-4,7,14H,2,5H2,1H3. The zero-order valence-electron chi connectivity index (χ0n) is 7.62. The molecule has 0 aromatic carbocycles. The minimum Gasteiger partial charge on any atom is -0.388 e. The first kappa shape index (κ1) is 11.0. The Kier molecular flexibility index (Phi) is 3.15. The molecule has 1 atom stereocenters. The van der Waals surface area contributed by atoms with E-state index in [9.17, 15) is 18.3 Å². The fourth-order valence-corrected chi connectivity index (χ4v) is 1.06. The smallest absolute Gasteiger partial charge is 0.388 e. The number of aromatic nitrogens is 2. The summed E-state index contributed by atoms with van der Waals surface area (Å²) in [4.78, 5) is 0.